The standard InChI is InChI=1S/C14H13NO/c15-8-7-12(16)14-11-6-5-9-3-1-2-4-10(9)13(11)14/h1-4,11,13-14H,5-7H2. The molecule has 0 aromatic heterocycles. The van der Waals surface area contributed by atoms with Crippen molar-refractivity contribution in [2.45, 2.75) is 25.2 Å². The molecule has 1 aromatic carbocycles. The Labute approximate surface area is 94.9 Å². The quantitative estimate of drug-likeness (QED) is 0.753. The first kappa shape index (κ1) is 9.59. The number of rotatable bonds is 2. The molecule has 3 atom stereocenters. The molecule has 0 spiro atoms. The number of nitrogens with zero attached hydrogens (tertiary/aromatic N) is 1. The number of carbonyl (C=O) groups is 1. The van der Waals surface area contributed by atoms with Crippen LogP contribution in [0.5, 0.6) is 0 Å². The smallest absolute Gasteiger partial charge is 0.150 e. The van der Waals surface area contributed by atoms with E-state index in [2.05, 4.69) is 18.2 Å². The molecule has 2 heteroatoms. The van der Waals surface area contributed by atoms with Crippen LogP contribution in [-0.2, 0) is 11.2 Å². The molecule has 0 amide bonds. The molecule has 16 heavy (non-hydrogen) atoms. The predicted molar refractivity (Wildman–Crippen MR) is 59.7 cm³/mol. The lowest BCUT2D eigenvalue weighted by atomic mass is 9.92. The summed E-state index contributed by atoms with van der Waals surface area (Å²) in [6, 6.07) is 10.4. The Morgan fingerprint density at radius 1 is 1.44 bits per heavy atom. The van der Waals surface area contributed by atoms with E-state index in [1.807, 2.05) is 12.1 Å². The Morgan fingerprint density at radius 3 is 3.06 bits per heavy atom. The normalized spacial score (nSPS) is 29.8. The second kappa shape index (κ2) is 3.45. The van der Waals surface area contributed by atoms with Gasteiger partial charge >= 0.3 is 0 Å². The summed E-state index contributed by atoms with van der Waals surface area (Å²) in [5.41, 5.74) is 2.76. The average molecular weight is 211 g/mol. The first-order valence-electron chi connectivity index (χ1n) is 5.80. The molecule has 1 aromatic rings. The fourth-order valence-corrected chi connectivity index (χ4v) is 3.20. The third-order valence-corrected chi connectivity index (χ3v) is 3.95. The maximum absolute atomic E-state index is 11.8. The van der Waals surface area contributed by atoms with Crippen molar-refractivity contribution in [1.29, 1.82) is 5.26 Å². The Balaban J connectivity index is 1.88. The van der Waals surface area contributed by atoms with Crippen molar-refractivity contribution in [1.82, 2.24) is 0 Å². The molecule has 1 saturated carbocycles. The van der Waals surface area contributed by atoms with Crippen molar-refractivity contribution in [3.8, 4) is 6.07 Å². The topological polar surface area (TPSA) is 40.9 Å². The maximum atomic E-state index is 11.8. The Morgan fingerprint density at radius 2 is 2.25 bits per heavy atom. The van der Waals surface area contributed by atoms with Gasteiger partial charge < -0.3 is 0 Å². The van der Waals surface area contributed by atoms with Crippen LogP contribution >= 0.6 is 0 Å². The van der Waals surface area contributed by atoms with Gasteiger partial charge in [0.25, 0.3) is 0 Å². The van der Waals surface area contributed by atoms with Gasteiger partial charge in [0.05, 0.1) is 12.5 Å². The predicted octanol–water partition coefficient (Wildman–Crippen LogP) is 2.45. The highest BCUT2D eigenvalue weighted by Crippen LogP contribution is 2.60. The van der Waals surface area contributed by atoms with E-state index in [0.717, 1.165) is 12.8 Å². The molecule has 0 saturated heterocycles. The maximum Gasteiger partial charge on any atom is 0.150 e. The van der Waals surface area contributed by atoms with Gasteiger partial charge in [0, 0.05) is 5.92 Å². The number of carbonyl (C=O) groups excluding carboxylic acids is 1. The molecule has 80 valence electrons. The van der Waals surface area contributed by atoms with Crippen molar-refractivity contribution in [2.24, 2.45) is 11.8 Å². The summed E-state index contributed by atoms with van der Waals surface area (Å²) in [7, 11) is 0. The zero-order valence-electron chi connectivity index (χ0n) is 9.02. The summed E-state index contributed by atoms with van der Waals surface area (Å²) in [5, 5.41) is 8.57. The monoisotopic (exact) mass is 211 g/mol. The zero-order valence-corrected chi connectivity index (χ0v) is 9.02. The number of nitriles is 1. The third kappa shape index (κ3) is 1.28. The van der Waals surface area contributed by atoms with Gasteiger partial charge in [-0.1, -0.05) is 24.3 Å². The highest BCUT2D eigenvalue weighted by Gasteiger charge is 2.56. The van der Waals surface area contributed by atoms with Gasteiger partial charge in [0.2, 0.25) is 0 Å². The van der Waals surface area contributed by atoms with Gasteiger partial charge in [0.15, 0.2) is 5.78 Å². The van der Waals surface area contributed by atoms with Crippen molar-refractivity contribution < 1.29 is 4.79 Å². The summed E-state index contributed by atoms with van der Waals surface area (Å²) >= 11 is 0. The van der Waals surface area contributed by atoms with E-state index in [0.29, 0.717) is 11.8 Å². The van der Waals surface area contributed by atoms with E-state index in [1.54, 1.807) is 0 Å². The highest BCUT2D eigenvalue weighted by atomic mass is 16.1. The van der Waals surface area contributed by atoms with Crippen LogP contribution in [0.4, 0.5) is 0 Å². The minimum absolute atomic E-state index is 0.0832. The molecular weight excluding hydrogens is 198 g/mol. The number of Topliss-reactive ketones (excluding diaryl/α,β-unsaturated/α-hetero) is 1. The van der Waals surface area contributed by atoms with E-state index < -0.39 is 0 Å². The minimum Gasteiger partial charge on any atom is -0.298 e. The molecule has 2 aliphatic carbocycles. The lowest BCUT2D eigenvalue weighted by Crippen LogP contribution is -2.01. The molecule has 0 N–H and O–H groups in total. The lowest BCUT2D eigenvalue weighted by molar-refractivity contribution is -0.119. The molecule has 3 rings (SSSR count). The number of aryl methyl sites for hydroxylation is 1. The average Bonchev–Trinajstić information content (AvgIpc) is 3.04. The molecule has 1 fully saturated rings. The molecule has 0 bridgehead atoms. The summed E-state index contributed by atoms with van der Waals surface area (Å²) in [6.45, 7) is 0. The summed E-state index contributed by atoms with van der Waals surface area (Å²) in [5.74, 6) is 1.24. The molecule has 0 aliphatic heterocycles. The van der Waals surface area contributed by atoms with Crippen LogP contribution in [0.25, 0.3) is 0 Å². The Hall–Kier alpha value is -1.62. The molecule has 3 unspecified atom stereocenters. The van der Waals surface area contributed by atoms with E-state index in [9.17, 15) is 4.79 Å². The Kier molecular flexibility index (Phi) is 2.07. The van der Waals surface area contributed by atoms with Crippen LogP contribution in [0.15, 0.2) is 24.3 Å². The van der Waals surface area contributed by atoms with Crippen LogP contribution < -0.4 is 0 Å². The van der Waals surface area contributed by atoms with Gasteiger partial charge in [0.1, 0.15) is 0 Å². The largest absolute Gasteiger partial charge is 0.298 e. The molecule has 0 radical (unpaired) electrons. The summed E-state index contributed by atoms with van der Waals surface area (Å²) < 4.78 is 0. The van der Waals surface area contributed by atoms with Crippen LogP contribution in [0, 0.1) is 23.2 Å². The van der Waals surface area contributed by atoms with E-state index in [-0.39, 0.29) is 18.1 Å². The van der Waals surface area contributed by atoms with Crippen LogP contribution in [0.1, 0.15) is 29.9 Å². The second-order valence-electron chi connectivity index (χ2n) is 4.75. The number of benzene rings is 1. The van der Waals surface area contributed by atoms with E-state index in [4.69, 9.17) is 5.26 Å². The first-order valence-corrected chi connectivity index (χ1v) is 5.80. The van der Waals surface area contributed by atoms with Gasteiger partial charge in [-0.3, -0.25) is 4.79 Å². The molecule has 0 heterocycles. The first-order chi connectivity index (χ1) is 7.83. The highest BCUT2D eigenvalue weighted by molar-refractivity contribution is 5.87. The number of fused-ring (bicyclic) bond motifs is 3. The van der Waals surface area contributed by atoms with Gasteiger partial charge in [-0.25, -0.2) is 0 Å². The number of hydrogen-bond donors (Lipinski definition) is 0. The van der Waals surface area contributed by atoms with Crippen molar-refractivity contribution in [3.05, 3.63) is 35.4 Å². The van der Waals surface area contributed by atoms with Crippen molar-refractivity contribution in [3.63, 3.8) is 0 Å². The molecular formula is C14H13NO. The van der Waals surface area contributed by atoms with E-state index in [1.165, 1.54) is 11.1 Å². The lowest BCUT2D eigenvalue weighted by Gasteiger charge is -2.13. The third-order valence-electron chi connectivity index (χ3n) is 3.95. The van der Waals surface area contributed by atoms with Gasteiger partial charge in [-0.15, -0.1) is 0 Å². The van der Waals surface area contributed by atoms with Crippen molar-refractivity contribution >= 4 is 5.78 Å². The minimum atomic E-state index is 0.0832. The molecule has 2 aliphatic rings. The van der Waals surface area contributed by atoms with Crippen molar-refractivity contribution in [2.75, 3.05) is 0 Å². The number of ketones is 1. The SMILES string of the molecule is N#CCC(=O)C1C2CCc3ccccc3C21. The van der Waals surface area contributed by atoms with Gasteiger partial charge in [-0.05, 0) is 35.8 Å². The second-order valence-corrected chi connectivity index (χ2v) is 4.75. The fraction of sp³-hybridized carbons (Fsp3) is 0.429. The zero-order chi connectivity index (χ0) is 11.1. The summed E-state index contributed by atoms with van der Waals surface area (Å²) in [6.07, 6.45) is 2.29. The molecule has 2 nitrogen and oxygen atoms in total. The summed E-state index contributed by atoms with van der Waals surface area (Å²) in [4.78, 5) is 11.8. The van der Waals surface area contributed by atoms with Crippen LogP contribution in [0.3, 0.4) is 0 Å². The van der Waals surface area contributed by atoms with E-state index >= 15 is 0 Å². The Bertz CT molecular complexity index is 486. The van der Waals surface area contributed by atoms with Crippen LogP contribution in [0.2, 0.25) is 0 Å². The fourth-order valence-electron chi connectivity index (χ4n) is 3.20. The number of hydrogen-bond acceptors (Lipinski definition) is 2. The van der Waals surface area contributed by atoms with Gasteiger partial charge in [-0.2, -0.15) is 5.26 Å². The van der Waals surface area contributed by atoms with Crippen LogP contribution in [-0.4, -0.2) is 5.78 Å².